The number of esters is 2. The lowest BCUT2D eigenvalue weighted by molar-refractivity contribution is -0.150. The van der Waals surface area contributed by atoms with E-state index in [0.717, 1.165) is 6.08 Å². The molecule has 0 bridgehead atoms. The van der Waals surface area contributed by atoms with Crippen LogP contribution in [0.1, 0.15) is 6.92 Å². The van der Waals surface area contributed by atoms with E-state index in [9.17, 15) is 9.59 Å². The van der Waals surface area contributed by atoms with Gasteiger partial charge in [-0.2, -0.15) is 0 Å². The first-order chi connectivity index (χ1) is 5.61. The monoisotopic (exact) mass is 172 g/mol. The van der Waals surface area contributed by atoms with E-state index in [2.05, 4.69) is 16.1 Å². The molecule has 0 aromatic carbocycles. The standard InChI is InChI=1S/C8H12O4/c1-4-7(9)12-5-6(2)8(10)11-3/h4,6H,1,5H2,2-3H3. The molecule has 4 heteroatoms. The molecule has 0 aliphatic rings. The second-order valence-electron chi connectivity index (χ2n) is 2.26. The fourth-order valence-corrected chi connectivity index (χ4v) is 0.535. The molecule has 0 rings (SSSR count). The third kappa shape index (κ3) is 3.75. The first kappa shape index (κ1) is 10.7. The van der Waals surface area contributed by atoms with Crippen LogP contribution in [0.2, 0.25) is 0 Å². The van der Waals surface area contributed by atoms with Gasteiger partial charge in [-0.05, 0) is 6.92 Å². The van der Waals surface area contributed by atoms with E-state index >= 15 is 0 Å². The summed E-state index contributed by atoms with van der Waals surface area (Å²) in [5.41, 5.74) is 0. The fraction of sp³-hybridized carbons (Fsp3) is 0.500. The maximum Gasteiger partial charge on any atom is 0.330 e. The van der Waals surface area contributed by atoms with Crippen LogP contribution >= 0.6 is 0 Å². The van der Waals surface area contributed by atoms with E-state index in [0.29, 0.717) is 0 Å². The molecule has 0 radical (unpaired) electrons. The van der Waals surface area contributed by atoms with Crippen molar-refractivity contribution in [1.29, 1.82) is 0 Å². The highest BCUT2D eigenvalue weighted by Gasteiger charge is 2.14. The second kappa shape index (κ2) is 5.35. The Kier molecular flexibility index (Phi) is 4.76. The van der Waals surface area contributed by atoms with Gasteiger partial charge >= 0.3 is 11.9 Å². The minimum Gasteiger partial charge on any atom is -0.469 e. The Bertz CT molecular complexity index is 185. The topological polar surface area (TPSA) is 52.6 Å². The van der Waals surface area contributed by atoms with Gasteiger partial charge in [0.25, 0.3) is 0 Å². The smallest absolute Gasteiger partial charge is 0.330 e. The van der Waals surface area contributed by atoms with E-state index < -0.39 is 17.9 Å². The molecular formula is C8H12O4. The zero-order valence-electron chi connectivity index (χ0n) is 7.20. The number of methoxy groups -OCH3 is 1. The van der Waals surface area contributed by atoms with E-state index in [4.69, 9.17) is 0 Å². The molecule has 0 spiro atoms. The largest absolute Gasteiger partial charge is 0.469 e. The minimum atomic E-state index is -0.536. The molecule has 12 heavy (non-hydrogen) atoms. The number of hydrogen-bond donors (Lipinski definition) is 0. The van der Waals surface area contributed by atoms with Gasteiger partial charge in [-0.25, -0.2) is 4.79 Å². The summed E-state index contributed by atoms with van der Waals surface area (Å²) in [5.74, 6) is -1.36. The molecule has 0 aliphatic carbocycles. The molecule has 1 atom stereocenters. The van der Waals surface area contributed by atoms with Crippen LogP contribution in [-0.4, -0.2) is 25.7 Å². The summed E-state index contributed by atoms with van der Waals surface area (Å²) in [6.07, 6.45) is 1.05. The Morgan fingerprint density at radius 3 is 2.58 bits per heavy atom. The molecular weight excluding hydrogens is 160 g/mol. The maximum absolute atomic E-state index is 10.8. The molecule has 0 fully saturated rings. The van der Waals surface area contributed by atoms with Gasteiger partial charge in [0.2, 0.25) is 0 Å². The van der Waals surface area contributed by atoms with Gasteiger partial charge in [0.1, 0.15) is 6.61 Å². The van der Waals surface area contributed by atoms with Crippen LogP contribution in [0, 0.1) is 5.92 Å². The summed E-state index contributed by atoms with van der Waals surface area (Å²) in [7, 11) is 1.29. The predicted octanol–water partition coefficient (Wildman–Crippen LogP) is 0.525. The molecule has 0 saturated heterocycles. The average Bonchev–Trinajstić information content (AvgIpc) is 2.11. The Morgan fingerprint density at radius 2 is 2.17 bits per heavy atom. The third-order valence-corrected chi connectivity index (χ3v) is 1.25. The summed E-state index contributed by atoms with van der Waals surface area (Å²) < 4.78 is 9.04. The summed E-state index contributed by atoms with van der Waals surface area (Å²) in [6.45, 7) is 4.85. The zero-order valence-corrected chi connectivity index (χ0v) is 7.20. The SMILES string of the molecule is C=CC(=O)OCC(C)C(=O)OC. The molecule has 0 heterocycles. The maximum atomic E-state index is 10.8. The van der Waals surface area contributed by atoms with E-state index in [-0.39, 0.29) is 6.61 Å². The van der Waals surface area contributed by atoms with Crippen molar-refractivity contribution in [3.63, 3.8) is 0 Å². The van der Waals surface area contributed by atoms with Crippen molar-refractivity contribution >= 4 is 11.9 Å². The zero-order chi connectivity index (χ0) is 9.56. The van der Waals surface area contributed by atoms with Crippen LogP contribution in [0.15, 0.2) is 12.7 Å². The number of carbonyl (C=O) groups excluding carboxylic acids is 2. The Balaban J connectivity index is 3.70. The van der Waals surface area contributed by atoms with Crippen molar-refractivity contribution < 1.29 is 19.1 Å². The van der Waals surface area contributed by atoms with Crippen LogP contribution < -0.4 is 0 Å². The van der Waals surface area contributed by atoms with Gasteiger partial charge < -0.3 is 9.47 Å². The molecule has 0 N–H and O–H groups in total. The predicted molar refractivity (Wildman–Crippen MR) is 42.3 cm³/mol. The van der Waals surface area contributed by atoms with Crippen molar-refractivity contribution in [3.8, 4) is 0 Å². The Hall–Kier alpha value is -1.32. The molecule has 0 amide bonds. The molecule has 0 aliphatic heterocycles. The van der Waals surface area contributed by atoms with Gasteiger partial charge in [0, 0.05) is 6.08 Å². The molecule has 4 nitrogen and oxygen atoms in total. The van der Waals surface area contributed by atoms with E-state index in [1.807, 2.05) is 0 Å². The van der Waals surface area contributed by atoms with Gasteiger partial charge in [0.05, 0.1) is 13.0 Å². The minimum absolute atomic E-state index is 0.0253. The molecule has 68 valence electrons. The van der Waals surface area contributed by atoms with Gasteiger partial charge in [-0.15, -0.1) is 0 Å². The highest BCUT2D eigenvalue weighted by atomic mass is 16.5. The summed E-state index contributed by atoms with van der Waals surface area (Å²) in [4.78, 5) is 21.3. The van der Waals surface area contributed by atoms with Crippen LogP contribution in [0.4, 0.5) is 0 Å². The van der Waals surface area contributed by atoms with Crippen LogP contribution in [0.25, 0.3) is 0 Å². The lowest BCUT2D eigenvalue weighted by Crippen LogP contribution is -2.19. The Morgan fingerprint density at radius 1 is 1.58 bits per heavy atom. The van der Waals surface area contributed by atoms with Crippen molar-refractivity contribution in [1.82, 2.24) is 0 Å². The lowest BCUT2D eigenvalue weighted by atomic mass is 10.2. The first-order valence-electron chi connectivity index (χ1n) is 3.48. The average molecular weight is 172 g/mol. The summed E-state index contributed by atoms with van der Waals surface area (Å²) in [6, 6.07) is 0. The highest BCUT2D eigenvalue weighted by molar-refractivity contribution is 5.81. The van der Waals surface area contributed by atoms with Crippen molar-refractivity contribution in [2.45, 2.75) is 6.92 Å². The Labute approximate surface area is 71.2 Å². The highest BCUT2D eigenvalue weighted by Crippen LogP contribution is 1.98. The van der Waals surface area contributed by atoms with Crippen molar-refractivity contribution in [2.24, 2.45) is 5.92 Å². The number of ether oxygens (including phenoxy) is 2. The quantitative estimate of drug-likeness (QED) is 0.458. The van der Waals surface area contributed by atoms with Crippen LogP contribution in [0.5, 0.6) is 0 Å². The summed E-state index contributed by atoms with van der Waals surface area (Å²) >= 11 is 0. The third-order valence-electron chi connectivity index (χ3n) is 1.25. The number of rotatable bonds is 4. The fourth-order valence-electron chi connectivity index (χ4n) is 0.535. The van der Waals surface area contributed by atoms with Gasteiger partial charge in [-0.3, -0.25) is 4.79 Å². The van der Waals surface area contributed by atoms with Crippen LogP contribution in [-0.2, 0) is 19.1 Å². The molecule has 0 aromatic heterocycles. The molecule has 0 aromatic rings. The normalized spacial score (nSPS) is 11.5. The van der Waals surface area contributed by atoms with E-state index in [1.54, 1.807) is 6.92 Å². The first-order valence-corrected chi connectivity index (χ1v) is 3.48. The van der Waals surface area contributed by atoms with Crippen molar-refractivity contribution in [3.05, 3.63) is 12.7 Å². The summed E-state index contributed by atoms with van der Waals surface area (Å²) in [5, 5.41) is 0. The lowest BCUT2D eigenvalue weighted by Gasteiger charge is -2.07. The van der Waals surface area contributed by atoms with Gasteiger partial charge in [-0.1, -0.05) is 6.58 Å². The number of hydrogen-bond acceptors (Lipinski definition) is 4. The second-order valence-corrected chi connectivity index (χ2v) is 2.26. The number of carbonyl (C=O) groups is 2. The van der Waals surface area contributed by atoms with Crippen molar-refractivity contribution in [2.75, 3.05) is 13.7 Å². The van der Waals surface area contributed by atoms with Crippen LogP contribution in [0.3, 0.4) is 0 Å². The van der Waals surface area contributed by atoms with Gasteiger partial charge in [0.15, 0.2) is 0 Å². The van der Waals surface area contributed by atoms with E-state index in [1.165, 1.54) is 7.11 Å². The molecule has 0 saturated carbocycles. The molecule has 1 unspecified atom stereocenters.